The first-order valence-electron chi connectivity index (χ1n) is 4.69. The fourth-order valence-electron chi connectivity index (χ4n) is 1.58. The average molecular weight is 205 g/mol. The van der Waals surface area contributed by atoms with E-state index in [1.807, 2.05) is 6.08 Å². The molecule has 0 amide bonds. The number of pyridine rings is 1. The highest BCUT2D eigenvalue weighted by molar-refractivity contribution is 5.82. The normalized spacial score (nSPS) is 20.1. The number of rotatable bonds is 1. The van der Waals surface area contributed by atoms with Crippen LogP contribution in [0, 0.1) is 0 Å². The number of hydrogen-bond donors (Lipinski definition) is 2. The van der Waals surface area contributed by atoms with E-state index < -0.39 is 6.17 Å². The van der Waals surface area contributed by atoms with Gasteiger partial charge in [0.2, 0.25) is 0 Å². The maximum atomic E-state index is 13.1. The van der Waals surface area contributed by atoms with E-state index in [2.05, 4.69) is 4.98 Å². The molecule has 1 heterocycles. The minimum absolute atomic E-state index is 0.325. The van der Waals surface area contributed by atoms with E-state index in [-0.39, 0.29) is 0 Å². The van der Waals surface area contributed by atoms with Gasteiger partial charge in [0.1, 0.15) is 6.17 Å². The lowest BCUT2D eigenvalue weighted by atomic mass is 9.96. The molecule has 1 aliphatic rings. The predicted molar refractivity (Wildman–Crippen MR) is 59.7 cm³/mol. The number of anilines is 2. The summed E-state index contributed by atoms with van der Waals surface area (Å²) < 4.78 is 13.1. The molecule has 1 unspecified atom stereocenters. The van der Waals surface area contributed by atoms with Crippen molar-refractivity contribution in [1.82, 2.24) is 4.98 Å². The van der Waals surface area contributed by atoms with Crippen molar-refractivity contribution in [2.24, 2.45) is 0 Å². The Balaban J connectivity index is 2.42. The zero-order chi connectivity index (χ0) is 10.8. The molecule has 0 radical (unpaired) electrons. The summed E-state index contributed by atoms with van der Waals surface area (Å²) in [5, 5.41) is 0. The Kier molecular flexibility index (Phi) is 2.41. The second-order valence-electron chi connectivity index (χ2n) is 3.49. The van der Waals surface area contributed by atoms with E-state index in [1.165, 1.54) is 12.3 Å². The van der Waals surface area contributed by atoms with Crippen LogP contribution in [0.3, 0.4) is 0 Å². The number of alkyl halides is 1. The Morgan fingerprint density at radius 3 is 2.87 bits per heavy atom. The molecule has 2 rings (SSSR count). The lowest BCUT2D eigenvalue weighted by Gasteiger charge is -2.14. The third-order valence-electron chi connectivity index (χ3n) is 2.40. The number of halogens is 1. The van der Waals surface area contributed by atoms with Gasteiger partial charge in [-0.3, -0.25) is 4.98 Å². The van der Waals surface area contributed by atoms with Crippen molar-refractivity contribution >= 4 is 16.9 Å². The Bertz CT molecular complexity index is 437. The van der Waals surface area contributed by atoms with E-state index in [9.17, 15) is 4.39 Å². The molecule has 0 saturated carbocycles. The number of allylic oxidation sites excluding steroid dienone is 4. The number of nitrogen functional groups attached to an aromatic ring is 2. The van der Waals surface area contributed by atoms with Crippen LogP contribution >= 0.6 is 0 Å². The molecule has 0 spiro atoms. The summed E-state index contributed by atoms with van der Waals surface area (Å²) >= 11 is 0. The first-order valence-corrected chi connectivity index (χ1v) is 4.69. The zero-order valence-corrected chi connectivity index (χ0v) is 8.15. The van der Waals surface area contributed by atoms with Crippen LogP contribution in [-0.4, -0.2) is 11.2 Å². The highest BCUT2D eigenvalue weighted by Crippen LogP contribution is 2.30. The van der Waals surface area contributed by atoms with Gasteiger partial charge in [0.25, 0.3) is 0 Å². The fourth-order valence-corrected chi connectivity index (χ4v) is 1.58. The van der Waals surface area contributed by atoms with Gasteiger partial charge in [0.15, 0.2) is 0 Å². The predicted octanol–water partition coefficient (Wildman–Crippen LogP) is 1.93. The Morgan fingerprint density at radius 1 is 1.33 bits per heavy atom. The molecule has 3 nitrogen and oxygen atoms in total. The highest BCUT2D eigenvalue weighted by atomic mass is 19.1. The minimum atomic E-state index is -0.953. The Labute approximate surface area is 87.3 Å². The van der Waals surface area contributed by atoms with Crippen LogP contribution in [0.4, 0.5) is 15.8 Å². The molecule has 0 fully saturated rings. The molecule has 0 aliphatic heterocycles. The van der Waals surface area contributed by atoms with E-state index in [1.54, 1.807) is 12.3 Å². The molecule has 1 aromatic rings. The smallest absolute Gasteiger partial charge is 0.123 e. The third-order valence-corrected chi connectivity index (χ3v) is 2.40. The van der Waals surface area contributed by atoms with Crippen molar-refractivity contribution < 1.29 is 4.39 Å². The molecule has 0 aromatic carbocycles. The molecule has 1 atom stereocenters. The second-order valence-corrected chi connectivity index (χ2v) is 3.49. The molecule has 0 bridgehead atoms. The first kappa shape index (κ1) is 9.71. The van der Waals surface area contributed by atoms with Crippen LogP contribution in [0.1, 0.15) is 12.0 Å². The quantitative estimate of drug-likeness (QED) is 0.736. The number of nitrogens with two attached hydrogens (primary N) is 2. The summed E-state index contributed by atoms with van der Waals surface area (Å²) in [6.07, 6.45) is 7.51. The standard InChI is InChI=1S/C11H12FN3/c12-8-3-1-2-7(4-8)9-5-15-6-10(13)11(9)14/h1-3,5-6,8H,4,13H2,(H2,14,15). The van der Waals surface area contributed by atoms with Crippen LogP contribution in [0.5, 0.6) is 0 Å². The fraction of sp³-hybridized carbons (Fsp3) is 0.182. The number of hydrogen-bond acceptors (Lipinski definition) is 3. The minimum Gasteiger partial charge on any atom is -0.396 e. The van der Waals surface area contributed by atoms with Gasteiger partial charge in [-0.25, -0.2) is 4.39 Å². The lowest BCUT2D eigenvalue weighted by molar-refractivity contribution is 0.406. The number of aromatic nitrogens is 1. The molecule has 4 N–H and O–H groups in total. The molecule has 0 saturated heterocycles. The average Bonchev–Trinajstić information content (AvgIpc) is 2.22. The van der Waals surface area contributed by atoms with Crippen molar-refractivity contribution in [3.63, 3.8) is 0 Å². The van der Waals surface area contributed by atoms with Crippen LogP contribution in [0.25, 0.3) is 5.57 Å². The van der Waals surface area contributed by atoms with Crippen molar-refractivity contribution in [2.75, 3.05) is 11.5 Å². The zero-order valence-electron chi connectivity index (χ0n) is 8.15. The van der Waals surface area contributed by atoms with Crippen LogP contribution < -0.4 is 11.5 Å². The molecule has 1 aromatic heterocycles. The lowest BCUT2D eigenvalue weighted by Crippen LogP contribution is -2.05. The monoisotopic (exact) mass is 205 g/mol. The molecule has 15 heavy (non-hydrogen) atoms. The summed E-state index contributed by atoms with van der Waals surface area (Å²) in [7, 11) is 0. The van der Waals surface area contributed by atoms with Crippen LogP contribution in [0.2, 0.25) is 0 Å². The first-order chi connectivity index (χ1) is 7.18. The van der Waals surface area contributed by atoms with Crippen molar-refractivity contribution in [3.8, 4) is 0 Å². The molecule has 4 heteroatoms. The van der Waals surface area contributed by atoms with Crippen LogP contribution in [-0.2, 0) is 0 Å². The maximum Gasteiger partial charge on any atom is 0.123 e. The van der Waals surface area contributed by atoms with Gasteiger partial charge >= 0.3 is 0 Å². The van der Waals surface area contributed by atoms with Crippen molar-refractivity contribution in [2.45, 2.75) is 12.6 Å². The van der Waals surface area contributed by atoms with Gasteiger partial charge in [0, 0.05) is 18.2 Å². The van der Waals surface area contributed by atoms with E-state index in [4.69, 9.17) is 11.5 Å². The maximum absolute atomic E-state index is 13.1. The van der Waals surface area contributed by atoms with Gasteiger partial charge in [-0.15, -0.1) is 0 Å². The topological polar surface area (TPSA) is 64.9 Å². The van der Waals surface area contributed by atoms with E-state index >= 15 is 0 Å². The summed E-state index contributed by atoms with van der Waals surface area (Å²) in [5.41, 5.74) is 13.9. The summed E-state index contributed by atoms with van der Waals surface area (Å²) in [6, 6.07) is 0. The summed E-state index contributed by atoms with van der Waals surface area (Å²) in [4.78, 5) is 3.95. The van der Waals surface area contributed by atoms with E-state index in [0.717, 1.165) is 11.1 Å². The Hall–Kier alpha value is -1.84. The summed E-state index contributed by atoms with van der Waals surface area (Å²) in [5.74, 6) is 0. The molecule has 1 aliphatic carbocycles. The highest BCUT2D eigenvalue weighted by Gasteiger charge is 2.14. The van der Waals surface area contributed by atoms with E-state index in [0.29, 0.717) is 17.8 Å². The second kappa shape index (κ2) is 3.73. The van der Waals surface area contributed by atoms with Crippen LogP contribution in [0.15, 0.2) is 30.6 Å². The van der Waals surface area contributed by atoms with Crippen molar-refractivity contribution in [1.29, 1.82) is 0 Å². The van der Waals surface area contributed by atoms with Gasteiger partial charge in [-0.05, 0) is 5.57 Å². The Morgan fingerprint density at radius 2 is 2.13 bits per heavy atom. The SMILES string of the molecule is Nc1cncc(C2=CC=CC(F)C2)c1N. The van der Waals surface area contributed by atoms with Crippen molar-refractivity contribution in [3.05, 3.63) is 36.2 Å². The van der Waals surface area contributed by atoms with Gasteiger partial charge in [-0.1, -0.05) is 18.2 Å². The molecular weight excluding hydrogens is 193 g/mol. The van der Waals surface area contributed by atoms with Gasteiger partial charge < -0.3 is 11.5 Å². The molecule has 78 valence electrons. The number of nitrogens with zero attached hydrogens (tertiary/aromatic N) is 1. The molecular formula is C11H12FN3. The summed E-state index contributed by atoms with van der Waals surface area (Å²) in [6.45, 7) is 0. The largest absolute Gasteiger partial charge is 0.396 e. The third kappa shape index (κ3) is 1.83. The van der Waals surface area contributed by atoms with Gasteiger partial charge in [-0.2, -0.15) is 0 Å². The van der Waals surface area contributed by atoms with Gasteiger partial charge in [0.05, 0.1) is 17.6 Å².